The summed E-state index contributed by atoms with van der Waals surface area (Å²) in [4.78, 5) is 16.0. The lowest BCUT2D eigenvalue weighted by Crippen LogP contribution is -2.14. The molecule has 0 saturated carbocycles. The monoisotopic (exact) mass is 299 g/mol. The number of imidazole rings is 1. The normalized spacial score (nSPS) is 10.3. The van der Waals surface area contributed by atoms with Crippen molar-refractivity contribution in [1.29, 1.82) is 0 Å². The second-order valence-corrected chi connectivity index (χ2v) is 4.65. The molecule has 2 aromatic heterocycles. The molecule has 6 nitrogen and oxygen atoms in total. The summed E-state index contributed by atoms with van der Waals surface area (Å²) < 4.78 is 1.70. The third-order valence-corrected chi connectivity index (χ3v) is 2.97. The van der Waals surface area contributed by atoms with Crippen molar-refractivity contribution in [3.05, 3.63) is 65.8 Å². The Labute approximate surface area is 125 Å². The predicted molar refractivity (Wildman–Crippen MR) is 78.6 cm³/mol. The molecule has 0 unspecified atom stereocenters. The van der Waals surface area contributed by atoms with Crippen molar-refractivity contribution in [1.82, 2.24) is 19.7 Å². The van der Waals surface area contributed by atoms with Crippen LogP contribution in [0.2, 0.25) is 5.02 Å². The summed E-state index contributed by atoms with van der Waals surface area (Å²) in [7, 11) is 0. The van der Waals surface area contributed by atoms with E-state index in [4.69, 9.17) is 11.6 Å². The Bertz CT molecular complexity index is 755. The highest BCUT2D eigenvalue weighted by Crippen LogP contribution is 2.15. The molecule has 21 heavy (non-hydrogen) atoms. The average Bonchev–Trinajstić information content (AvgIpc) is 3.01. The van der Waals surface area contributed by atoms with E-state index in [1.54, 1.807) is 59.7 Å². The van der Waals surface area contributed by atoms with Crippen LogP contribution < -0.4 is 5.32 Å². The maximum Gasteiger partial charge on any atom is 0.276 e. The zero-order chi connectivity index (χ0) is 14.7. The van der Waals surface area contributed by atoms with Crippen LogP contribution in [0.3, 0.4) is 0 Å². The van der Waals surface area contributed by atoms with Gasteiger partial charge in [-0.05, 0) is 30.3 Å². The number of anilines is 1. The Kier molecular flexibility index (Phi) is 3.61. The number of aromatic nitrogens is 4. The second kappa shape index (κ2) is 5.72. The SMILES string of the molecule is O=C(Nc1cccc(Cl)c1)c1ccc(-n2ccnc2)nn1. The molecule has 104 valence electrons. The highest BCUT2D eigenvalue weighted by atomic mass is 35.5. The van der Waals surface area contributed by atoms with Gasteiger partial charge in [0, 0.05) is 23.1 Å². The van der Waals surface area contributed by atoms with E-state index in [1.807, 2.05) is 0 Å². The van der Waals surface area contributed by atoms with Gasteiger partial charge in [-0.3, -0.25) is 9.36 Å². The summed E-state index contributed by atoms with van der Waals surface area (Å²) in [6.45, 7) is 0. The van der Waals surface area contributed by atoms with Crippen LogP contribution in [0.5, 0.6) is 0 Å². The molecule has 7 heteroatoms. The van der Waals surface area contributed by atoms with Gasteiger partial charge in [-0.25, -0.2) is 4.98 Å². The van der Waals surface area contributed by atoms with Crippen LogP contribution in [-0.4, -0.2) is 25.7 Å². The minimum Gasteiger partial charge on any atom is -0.321 e. The van der Waals surface area contributed by atoms with Gasteiger partial charge in [0.1, 0.15) is 6.33 Å². The lowest BCUT2D eigenvalue weighted by Gasteiger charge is -2.05. The number of halogens is 1. The number of amides is 1. The van der Waals surface area contributed by atoms with E-state index >= 15 is 0 Å². The van der Waals surface area contributed by atoms with Crippen LogP contribution in [0.15, 0.2) is 55.1 Å². The van der Waals surface area contributed by atoms with Crippen LogP contribution in [0.4, 0.5) is 5.69 Å². The molecule has 1 aromatic carbocycles. The van der Waals surface area contributed by atoms with Gasteiger partial charge in [0.15, 0.2) is 11.5 Å². The molecule has 0 spiro atoms. The Hall–Kier alpha value is -2.73. The molecule has 0 aliphatic rings. The van der Waals surface area contributed by atoms with Gasteiger partial charge in [0.2, 0.25) is 0 Å². The third kappa shape index (κ3) is 3.06. The molecule has 1 N–H and O–H groups in total. The van der Waals surface area contributed by atoms with Gasteiger partial charge in [0.25, 0.3) is 5.91 Å². The topological polar surface area (TPSA) is 72.7 Å². The quantitative estimate of drug-likeness (QED) is 0.806. The first kappa shape index (κ1) is 13.3. The van der Waals surface area contributed by atoms with Gasteiger partial charge in [-0.15, -0.1) is 10.2 Å². The first-order chi connectivity index (χ1) is 10.2. The van der Waals surface area contributed by atoms with Crippen molar-refractivity contribution in [2.75, 3.05) is 5.32 Å². The zero-order valence-corrected chi connectivity index (χ0v) is 11.5. The second-order valence-electron chi connectivity index (χ2n) is 4.21. The van der Waals surface area contributed by atoms with Crippen LogP contribution in [0, 0.1) is 0 Å². The minimum absolute atomic E-state index is 0.221. The molecule has 0 saturated heterocycles. The molecule has 3 aromatic rings. The highest BCUT2D eigenvalue weighted by Gasteiger charge is 2.09. The van der Waals surface area contributed by atoms with Crippen LogP contribution in [-0.2, 0) is 0 Å². The molecule has 0 bridgehead atoms. The number of nitrogens with zero attached hydrogens (tertiary/aromatic N) is 4. The van der Waals surface area contributed by atoms with Gasteiger partial charge < -0.3 is 5.32 Å². The molecule has 0 fully saturated rings. The number of hydrogen-bond donors (Lipinski definition) is 1. The Morgan fingerprint density at radius 1 is 1.19 bits per heavy atom. The predicted octanol–water partition coefficient (Wildman–Crippen LogP) is 2.57. The summed E-state index contributed by atoms with van der Waals surface area (Å²) in [5.41, 5.74) is 0.826. The molecule has 2 heterocycles. The zero-order valence-electron chi connectivity index (χ0n) is 10.8. The fraction of sp³-hybridized carbons (Fsp3) is 0. The van der Waals surface area contributed by atoms with Crippen molar-refractivity contribution in [3.63, 3.8) is 0 Å². The van der Waals surface area contributed by atoms with E-state index in [0.717, 1.165) is 0 Å². The Balaban J connectivity index is 1.76. The first-order valence-electron chi connectivity index (χ1n) is 6.11. The Morgan fingerprint density at radius 3 is 2.76 bits per heavy atom. The molecule has 1 amide bonds. The fourth-order valence-corrected chi connectivity index (χ4v) is 1.93. The summed E-state index contributed by atoms with van der Waals surface area (Å²) in [6, 6.07) is 10.2. The number of nitrogens with one attached hydrogen (secondary N) is 1. The van der Waals surface area contributed by atoms with E-state index < -0.39 is 0 Å². The molecule has 3 rings (SSSR count). The molecule has 0 radical (unpaired) electrons. The van der Waals surface area contributed by atoms with Crippen LogP contribution in [0.25, 0.3) is 5.82 Å². The third-order valence-electron chi connectivity index (χ3n) is 2.73. The summed E-state index contributed by atoms with van der Waals surface area (Å²) in [5, 5.41) is 11.2. The van der Waals surface area contributed by atoms with Crippen molar-refractivity contribution in [2.24, 2.45) is 0 Å². The molecule has 0 atom stereocenters. The van der Waals surface area contributed by atoms with Gasteiger partial charge in [0.05, 0.1) is 0 Å². The molecule has 0 aliphatic heterocycles. The van der Waals surface area contributed by atoms with Gasteiger partial charge >= 0.3 is 0 Å². The standard InChI is InChI=1S/C14H10ClN5O/c15-10-2-1-3-11(8-10)17-14(21)12-4-5-13(19-18-12)20-7-6-16-9-20/h1-9H,(H,17,21). The number of carbonyl (C=O) groups is 1. The smallest absolute Gasteiger partial charge is 0.276 e. The maximum absolute atomic E-state index is 12.0. The van der Waals surface area contributed by atoms with Gasteiger partial charge in [-0.2, -0.15) is 0 Å². The largest absolute Gasteiger partial charge is 0.321 e. The van der Waals surface area contributed by atoms with Crippen molar-refractivity contribution in [2.45, 2.75) is 0 Å². The van der Waals surface area contributed by atoms with Crippen LogP contribution in [0.1, 0.15) is 10.5 Å². The van der Waals surface area contributed by atoms with Gasteiger partial charge in [-0.1, -0.05) is 17.7 Å². The number of hydrogen-bond acceptors (Lipinski definition) is 4. The van der Waals surface area contributed by atoms with Crippen molar-refractivity contribution < 1.29 is 4.79 Å². The summed E-state index contributed by atoms with van der Waals surface area (Å²) in [6.07, 6.45) is 4.99. The Morgan fingerprint density at radius 2 is 2.10 bits per heavy atom. The molecular formula is C14H10ClN5O. The first-order valence-corrected chi connectivity index (χ1v) is 6.49. The number of rotatable bonds is 3. The average molecular weight is 300 g/mol. The van der Waals surface area contributed by atoms with E-state index in [-0.39, 0.29) is 11.6 Å². The molecule has 0 aliphatic carbocycles. The van der Waals surface area contributed by atoms with Crippen LogP contribution >= 0.6 is 11.6 Å². The lowest BCUT2D eigenvalue weighted by atomic mass is 10.3. The number of carbonyl (C=O) groups excluding carboxylic acids is 1. The number of benzene rings is 1. The van der Waals surface area contributed by atoms with E-state index in [0.29, 0.717) is 16.5 Å². The van der Waals surface area contributed by atoms with E-state index in [2.05, 4.69) is 20.5 Å². The minimum atomic E-state index is -0.345. The summed E-state index contributed by atoms with van der Waals surface area (Å²) >= 11 is 5.86. The fourth-order valence-electron chi connectivity index (χ4n) is 1.74. The van der Waals surface area contributed by atoms with Crippen molar-refractivity contribution in [3.8, 4) is 5.82 Å². The van der Waals surface area contributed by atoms with Crippen molar-refractivity contribution >= 4 is 23.2 Å². The molecular weight excluding hydrogens is 290 g/mol. The summed E-state index contributed by atoms with van der Waals surface area (Å²) in [5.74, 6) is 0.244. The highest BCUT2D eigenvalue weighted by molar-refractivity contribution is 6.30. The van der Waals surface area contributed by atoms with E-state index in [1.165, 1.54) is 0 Å². The maximum atomic E-state index is 12.0. The lowest BCUT2D eigenvalue weighted by molar-refractivity contribution is 0.102. The van der Waals surface area contributed by atoms with E-state index in [9.17, 15) is 4.79 Å².